The Morgan fingerprint density at radius 2 is 1.68 bits per heavy atom. The average Bonchev–Trinajstić information content (AvgIpc) is 3.19. The quantitative estimate of drug-likeness (QED) is 0.270. The van der Waals surface area contributed by atoms with Crippen molar-refractivity contribution in [2.75, 3.05) is 6.54 Å². The molecule has 0 aliphatic rings. The van der Waals surface area contributed by atoms with Crippen LogP contribution >= 0.6 is 0 Å². The molecule has 8 nitrogen and oxygen atoms in total. The molecule has 1 amide bonds. The first-order valence-corrected chi connectivity index (χ1v) is 10.8. The van der Waals surface area contributed by atoms with Crippen molar-refractivity contribution in [3.63, 3.8) is 0 Å². The zero-order chi connectivity index (χ0) is 24.2. The first-order valence-electron chi connectivity index (χ1n) is 10.8. The molecule has 174 valence electrons. The van der Waals surface area contributed by atoms with Crippen molar-refractivity contribution in [1.82, 2.24) is 9.88 Å². The van der Waals surface area contributed by atoms with Gasteiger partial charge in [-0.25, -0.2) is 0 Å². The van der Waals surface area contributed by atoms with Crippen molar-refractivity contribution < 1.29 is 24.9 Å². The summed E-state index contributed by atoms with van der Waals surface area (Å²) >= 11 is 0. The number of aromatic nitrogens is 1. The standard InChI is InChI=1S/C26H25N3O5/c27-21(25(33)28-12-11-16-5-10-23(31)24(32)13-16)14-18-15-29(22-4-2-1-3-20(18)22)26(34)17-6-8-19(30)9-7-17/h1-10,13,15,21,30-32H,11-12,14,27H2,(H,28,33)/t21-/m0/s1. The molecular weight excluding hydrogens is 434 g/mol. The predicted molar refractivity (Wildman–Crippen MR) is 128 cm³/mol. The van der Waals surface area contributed by atoms with Crippen LogP contribution in [0.2, 0.25) is 0 Å². The number of fused-ring (bicyclic) bond motifs is 1. The number of carbonyl (C=O) groups excluding carboxylic acids is 2. The zero-order valence-electron chi connectivity index (χ0n) is 18.3. The van der Waals surface area contributed by atoms with Gasteiger partial charge in [-0.1, -0.05) is 24.3 Å². The minimum absolute atomic E-state index is 0.0776. The number of aromatic hydroxyl groups is 3. The number of rotatable bonds is 7. The SMILES string of the molecule is N[C@@H](Cc1cn(C(=O)c2ccc(O)cc2)c2ccccc12)C(=O)NCCc1ccc(O)c(O)c1. The Morgan fingerprint density at radius 1 is 0.941 bits per heavy atom. The van der Waals surface area contributed by atoms with Crippen molar-refractivity contribution in [2.24, 2.45) is 5.73 Å². The van der Waals surface area contributed by atoms with Crippen molar-refractivity contribution in [1.29, 1.82) is 0 Å². The second-order valence-corrected chi connectivity index (χ2v) is 8.07. The molecule has 8 heteroatoms. The number of benzene rings is 3. The van der Waals surface area contributed by atoms with E-state index < -0.39 is 6.04 Å². The van der Waals surface area contributed by atoms with Crippen molar-refractivity contribution >= 4 is 22.7 Å². The minimum atomic E-state index is -0.823. The highest BCUT2D eigenvalue weighted by Crippen LogP contribution is 2.25. The second kappa shape index (κ2) is 9.68. The summed E-state index contributed by atoms with van der Waals surface area (Å²) in [4.78, 5) is 25.6. The molecular formula is C26H25N3O5. The van der Waals surface area contributed by atoms with Crippen LogP contribution in [0.3, 0.4) is 0 Å². The van der Waals surface area contributed by atoms with E-state index in [0.29, 0.717) is 24.0 Å². The van der Waals surface area contributed by atoms with Crippen LogP contribution in [0.5, 0.6) is 17.2 Å². The number of nitrogens with two attached hydrogens (primary N) is 1. The molecule has 1 aromatic heterocycles. The van der Waals surface area contributed by atoms with Gasteiger partial charge in [-0.2, -0.15) is 0 Å². The summed E-state index contributed by atoms with van der Waals surface area (Å²) < 4.78 is 1.53. The molecule has 1 heterocycles. The molecule has 34 heavy (non-hydrogen) atoms. The molecule has 0 radical (unpaired) electrons. The van der Waals surface area contributed by atoms with Gasteiger partial charge in [-0.05, 0) is 66.4 Å². The van der Waals surface area contributed by atoms with Crippen LogP contribution in [0.15, 0.2) is 72.9 Å². The number of carbonyl (C=O) groups is 2. The summed E-state index contributed by atoms with van der Waals surface area (Å²) in [6.45, 7) is 0.317. The first-order chi connectivity index (χ1) is 16.3. The van der Waals surface area contributed by atoms with E-state index in [9.17, 15) is 24.9 Å². The van der Waals surface area contributed by atoms with E-state index in [-0.39, 0.29) is 35.5 Å². The number of phenolic OH excluding ortho intramolecular Hbond substituents is 3. The monoisotopic (exact) mass is 459 g/mol. The minimum Gasteiger partial charge on any atom is -0.508 e. The van der Waals surface area contributed by atoms with E-state index in [1.54, 1.807) is 24.4 Å². The summed E-state index contributed by atoms with van der Waals surface area (Å²) in [5.41, 5.74) is 8.83. The Balaban J connectivity index is 1.45. The molecule has 0 aliphatic heterocycles. The highest BCUT2D eigenvalue weighted by atomic mass is 16.3. The Labute approximate surface area is 195 Å². The van der Waals surface area contributed by atoms with E-state index >= 15 is 0 Å². The Morgan fingerprint density at radius 3 is 2.41 bits per heavy atom. The molecule has 0 saturated heterocycles. The van der Waals surface area contributed by atoms with E-state index in [1.807, 2.05) is 24.3 Å². The fourth-order valence-corrected chi connectivity index (χ4v) is 3.84. The van der Waals surface area contributed by atoms with Crippen molar-refractivity contribution in [3.05, 3.63) is 89.6 Å². The van der Waals surface area contributed by atoms with Gasteiger partial charge in [0.2, 0.25) is 5.91 Å². The molecule has 0 bridgehead atoms. The molecule has 4 rings (SSSR count). The Bertz CT molecular complexity index is 1340. The third kappa shape index (κ3) is 4.87. The molecule has 0 fully saturated rings. The van der Waals surface area contributed by atoms with Crippen LogP contribution in [0.1, 0.15) is 21.5 Å². The number of hydrogen-bond acceptors (Lipinski definition) is 6. The van der Waals surface area contributed by atoms with Crippen LogP contribution in [-0.4, -0.2) is 44.3 Å². The molecule has 0 spiro atoms. The molecule has 0 aliphatic carbocycles. The second-order valence-electron chi connectivity index (χ2n) is 8.07. The van der Waals surface area contributed by atoms with E-state index in [2.05, 4.69) is 5.32 Å². The van der Waals surface area contributed by atoms with Crippen LogP contribution in [0.25, 0.3) is 10.9 Å². The highest BCUT2D eigenvalue weighted by molar-refractivity contribution is 6.03. The van der Waals surface area contributed by atoms with Gasteiger partial charge in [-0.3, -0.25) is 14.2 Å². The maximum absolute atomic E-state index is 13.1. The van der Waals surface area contributed by atoms with Gasteiger partial charge >= 0.3 is 0 Å². The van der Waals surface area contributed by atoms with E-state index in [4.69, 9.17) is 5.73 Å². The summed E-state index contributed by atoms with van der Waals surface area (Å²) in [5.74, 6) is -0.909. The lowest BCUT2D eigenvalue weighted by Crippen LogP contribution is -2.42. The molecule has 6 N–H and O–H groups in total. The summed E-state index contributed by atoms with van der Waals surface area (Å²) in [5, 5.41) is 32.1. The third-order valence-corrected chi connectivity index (χ3v) is 5.66. The number of nitrogens with one attached hydrogen (secondary N) is 1. The van der Waals surface area contributed by atoms with Gasteiger partial charge < -0.3 is 26.4 Å². The first kappa shape index (κ1) is 22.9. The third-order valence-electron chi connectivity index (χ3n) is 5.66. The maximum Gasteiger partial charge on any atom is 0.262 e. The van der Waals surface area contributed by atoms with E-state index in [0.717, 1.165) is 16.5 Å². The normalized spacial score (nSPS) is 11.9. The number of para-hydroxylation sites is 1. The number of phenols is 3. The smallest absolute Gasteiger partial charge is 0.262 e. The number of nitrogens with zero attached hydrogens (tertiary/aromatic N) is 1. The lowest BCUT2D eigenvalue weighted by Gasteiger charge is -2.12. The molecule has 3 aromatic carbocycles. The van der Waals surface area contributed by atoms with Gasteiger partial charge in [0, 0.05) is 23.7 Å². The van der Waals surface area contributed by atoms with Gasteiger partial charge in [-0.15, -0.1) is 0 Å². The van der Waals surface area contributed by atoms with E-state index in [1.165, 1.54) is 28.8 Å². The number of amides is 1. The van der Waals surface area contributed by atoms with Crippen molar-refractivity contribution in [3.8, 4) is 17.2 Å². The summed E-state index contributed by atoms with van der Waals surface area (Å²) in [7, 11) is 0. The molecule has 0 unspecified atom stereocenters. The number of hydrogen-bond donors (Lipinski definition) is 5. The Kier molecular flexibility index (Phi) is 6.51. The van der Waals surface area contributed by atoms with Gasteiger partial charge in [0.1, 0.15) is 5.75 Å². The summed E-state index contributed by atoms with van der Waals surface area (Å²) in [6.07, 6.45) is 2.40. The van der Waals surface area contributed by atoms with Crippen molar-refractivity contribution in [2.45, 2.75) is 18.9 Å². The Hall–Kier alpha value is -4.30. The average molecular weight is 460 g/mol. The molecule has 4 aromatic rings. The fraction of sp³-hybridized carbons (Fsp3) is 0.154. The molecule has 1 atom stereocenters. The topological polar surface area (TPSA) is 138 Å². The van der Waals surface area contributed by atoms with Crippen LogP contribution in [-0.2, 0) is 17.6 Å². The van der Waals surface area contributed by atoms with Crippen LogP contribution < -0.4 is 11.1 Å². The fourth-order valence-electron chi connectivity index (χ4n) is 3.84. The van der Waals surface area contributed by atoms with Crippen LogP contribution in [0, 0.1) is 0 Å². The zero-order valence-corrected chi connectivity index (χ0v) is 18.3. The largest absolute Gasteiger partial charge is 0.508 e. The maximum atomic E-state index is 13.1. The predicted octanol–water partition coefficient (Wildman–Crippen LogP) is 2.68. The highest BCUT2D eigenvalue weighted by Gasteiger charge is 2.20. The lowest BCUT2D eigenvalue weighted by molar-refractivity contribution is -0.122. The lowest BCUT2D eigenvalue weighted by atomic mass is 10.0. The van der Waals surface area contributed by atoms with Gasteiger partial charge in [0.05, 0.1) is 11.6 Å². The van der Waals surface area contributed by atoms with Gasteiger partial charge in [0.15, 0.2) is 11.5 Å². The molecule has 0 saturated carbocycles. The van der Waals surface area contributed by atoms with Gasteiger partial charge in [0.25, 0.3) is 5.91 Å². The summed E-state index contributed by atoms with van der Waals surface area (Å²) in [6, 6.07) is 17.1. The van der Waals surface area contributed by atoms with Crippen LogP contribution in [0.4, 0.5) is 0 Å².